The monoisotopic (exact) mass is 254 g/mol. The molecular weight excluding hydrogens is 236 g/mol. The Labute approximate surface area is 114 Å². The first-order chi connectivity index (χ1) is 9.24. The predicted molar refractivity (Wildman–Crippen MR) is 78.3 cm³/mol. The Kier molecular flexibility index (Phi) is 4.43. The van der Waals surface area contributed by atoms with Crippen LogP contribution < -0.4 is 4.74 Å². The quantitative estimate of drug-likeness (QED) is 0.830. The molecule has 2 aromatic carbocycles. The molecule has 2 aromatic rings. The largest absolute Gasteiger partial charge is 0.497 e. The third-order valence-corrected chi connectivity index (χ3v) is 3.26. The van der Waals surface area contributed by atoms with E-state index in [9.17, 15) is 5.11 Å². The van der Waals surface area contributed by atoms with E-state index in [0.717, 1.165) is 22.1 Å². The van der Waals surface area contributed by atoms with Gasteiger partial charge in [0.05, 0.1) is 13.2 Å². The summed E-state index contributed by atoms with van der Waals surface area (Å²) in [6, 6.07) is 12.1. The maximum absolute atomic E-state index is 9.99. The Bertz CT molecular complexity index is 596. The van der Waals surface area contributed by atoms with Gasteiger partial charge < -0.3 is 9.84 Å². The van der Waals surface area contributed by atoms with Gasteiger partial charge in [0.1, 0.15) is 5.75 Å². The van der Waals surface area contributed by atoms with Crippen LogP contribution in [0.1, 0.15) is 18.4 Å². The minimum absolute atomic E-state index is 0.396. The molecule has 2 rings (SSSR count). The molecule has 98 valence electrons. The zero-order valence-corrected chi connectivity index (χ0v) is 11.1. The Morgan fingerprint density at radius 3 is 2.89 bits per heavy atom. The van der Waals surface area contributed by atoms with E-state index >= 15 is 0 Å². The molecule has 0 radical (unpaired) electrons. The molecule has 19 heavy (non-hydrogen) atoms. The average Bonchev–Trinajstić information content (AvgIpc) is 2.45. The molecule has 0 spiro atoms. The normalized spacial score (nSPS) is 12.1. The van der Waals surface area contributed by atoms with E-state index in [0.29, 0.717) is 19.3 Å². The lowest BCUT2D eigenvalue weighted by Crippen LogP contribution is -2.10. The van der Waals surface area contributed by atoms with Crippen molar-refractivity contribution in [2.24, 2.45) is 0 Å². The highest BCUT2D eigenvalue weighted by molar-refractivity contribution is 5.87. The first kappa shape index (κ1) is 13.5. The van der Waals surface area contributed by atoms with Crippen molar-refractivity contribution in [3.8, 4) is 18.1 Å². The van der Waals surface area contributed by atoms with Gasteiger partial charge in [0.2, 0.25) is 0 Å². The highest BCUT2D eigenvalue weighted by Crippen LogP contribution is 2.25. The topological polar surface area (TPSA) is 29.5 Å². The molecule has 1 unspecified atom stereocenters. The second-order valence-electron chi connectivity index (χ2n) is 4.60. The van der Waals surface area contributed by atoms with Crippen molar-refractivity contribution in [3.05, 3.63) is 42.0 Å². The Morgan fingerprint density at radius 1 is 1.32 bits per heavy atom. The highest BCUT2D eigenvalue weighted by Gasteiger charge is 2.08. The highest BCUT2D eigenvalue weighted by atomic mass is 16.5. The number of terminal acetylenes is 1. The number of ether oxygens (including phenoxy) is 1. The molecule has 0 saturated heterocycles. The van der Waals surface area contributed by atoms with Crippen molar-refractivity contribution in [3.63, 3.8) is 0 Å². The molecule has 1 N–H and O–H groups in total. The molecule has 0 bridgehead atoms. The van der Waals surface area contributed by atoms with E-state index in [1.807, 2.05) is 30.3 Å². The molecule has 0 aliphatic carbocycles. The van der Waals surface area contributed by atoms with Crippen LogP contribution in [0.25, 0.3) is 10.8 Å². The number of aliphatic hydroxyl groups is 1. The van der Waals surface area contributed by atoms with Gasteiger partial charge in [-0.3, -0.25) is 0 Å². The number of aliphatic hydroxyl groups excluding tert-OH is 1. The van der Waals surface area contributed by atoms with E-state index in [-0.39, 0.29) is 0 Å². The zero-order valence-electron chi connectivity index (χ0n) is 11.1. The number of benzene rings is 2. The van der Waals surface area contributed by atoms with Gasteiger partial charge in [-0.05, 0) is 41.3 Å². The molecule has 0 aliphatic rings. The standard InChI is InChI=1S/C17H18O2/c1-3-4-8-15(18)11-14-7-5-6-13-9-10-16(19-2)12-17(13)14/h1,5-7,9-10,12,15,18H,4,8,11H2,2H3. The minimum atomic E-state index is -0.396. The summed E-state index contributed by atoms with van der Waals surface area (Å²) in [6.45, 7) is 0. The molecule has 2 heteroatoms. The third-order valence-electron chi connectivity index (χ3n) is 3.26. The number of hydrogen-bond donors (Lipinski definition) is 1. The lowest BCUT2D eigenvalue weighted by Gasteiger charge is -2.12. The van der Waals surface area contributed by atoms with Crippen molar-refractivity contribution in [2.45, 2.75) is 25.4 Å². The Balaban J connectivity index is 2.29. The van der Waals surface area contributed by atoms with E-state index < -0.39 is 6.10 Å². The summed E-state index contributed by atoms with van der Waals surface area (Å²) in [7, 11) is 1.66. The summed E-state index contributed by atoms with van der Waals surface area (Å²) in [4.78, 5) is 0. The Morgan fingerprint density at radius 2 is 2.16 bits per heavy atom. The fraction of sp³-hybridized carbons (Fsp3) is 0.294. The summed E-state index contributed by atoms with van der Waals surface area (Å²) < 4.78 is 5.26. The number of hydrogen-bond acceptors (Lipinski definition) is 2. The summed E-state index contributed by atoms with van der Waals surface area (Å²) >= 11 is 0. The fourth-order valence-electron chi connectivity index (χ4n) is 2.23. The first-order valence-corrected chi connectivity index (χ1v) is 6.41. The average molecular weight is 254 g/mol. The lowest BCUT2D eigenvalue weighted by molar-refractivity contribution is 0.167. The van der Waals surface area contributed by atoms with Gasteiger partial charge in [0.15, 0.2) is 0 Å². The van der Waals surface area contributed by atoms with Gasteiger partial charge in [0.25, 0.3) is 0 Å². The Hall–Kier alpha value is -1.98. The lowest BCUT2D eigenvalue weighted by atomic mass is 9.98. The minimum Gasteiger partial charge on any atom is -0.497 e. The summed E-state index contributed by atoms with van der Waals surface area (Å²) in [5.41, 5.74) is 1.13. The maximum atomic E-state index is 9.99. The molecule has 1 atom stereocenters. The van der Waals surface area contributed by atoms with Gasteiger partial charge in [0, 0.05) is 6.42 Å². The molecule has 0 heterocycles. The zero-order chi connectivity index (χ0) is 13.7. The summed E-state index contributed by atoms with van der Waals surface area (Å²) in [5.74, 6) is 3.39. The fourth-order valence-corrected chi connectivity index (χ4v) is 2.23. The van der Waals surface area contributed by atoms with Crippen LogP contribution in [-0.4, -0.2) is 18.3 Å². The van der Waals surface area contributed by atoms with Crippen LogP contribution in [0.4, 0.5) is 0 Å². The number of fused-ring (bicyclic) bond motifs is 1. The van der Waals surface area contributed by atoms with Crippen LogP contribution in [0.2, 0.25) is 0 Å². The van der Waals surface area contributed by atoms with Gasteiger partial charge >= 0.3 is 0 Å². The second kappa shape index (κ2) is 6.26. The SMILES string of the molecule is C#CCCC(O)Cc1cccc2ccc(OC)cc12. The van der Waals surface area contributed by atoms with Crippen LogP contribution in [0.15, 0.2) is 36.4 Å². The van der Waals surface area contributed by atoms with E-state index in [4.69, 9.17) is 11.2 Å². The van der Waals surface area contributed by atoms with Crippen LogP contribution in [-0.2, 0) is 6.42 Å². The van der Waals surface area contributed by atoms with Gasteiger partial charge in [-0.1, -0.05) is 24.3 Å². The van der Waals surface area contributed by atoms with Crippen LogP contribution >= 0.6 is 0 Å². The van der Waals surface area contributed by atoms with Crippen LogP contribution in [0.5, 0.6) is 5.75 Å². The molecular formula is C17H18O2. The van der Waals surface area contributed by atoms with E-state index in [2.05, 4.69) is 12.0 Å². The van der Waals surface area contributed by atoms with Crippen LogP contribution in [0.3, 0.4) is 0 Å². The second-order valence-corrected chi connectivity index (χ2v) is 4.60. The number of methoxy groups -OCH3 is 1. The van der Waals surface area contributed by atoms with Crippen LogP contribution in [0, 0.1) is 12.3 Å². The van der Waals surface area contributed by atoms with Crippen molar-refractivity contribution in [1.82, 2.24) is 0 Å². The molecule has 0 fully saturated rings. The molecule has 2 nitrogen and oxygen atoms in total. The summed E-state index contributed by atoms with van der Waals surface area (Å²) in [5, 5.41) is 12.3. The first-order valence-electron chi connectivity index (χ1n) is 6.41. The maximum Gasteiger partial charge on any atom is 0.119 e. The van der Waals surface area contributed by atoms with Crippen molar-refractivity contribution in [2.75, 3.05) is 7.11 Å². The number of rotatable bonds is 5. The summed E-state index contributed by atoms with van der Waals surface area (Å²) in [6.07, 6.45) is 6.68. The van der Waals surface area contributed by atoms with Gasteiger partial charge in [-0.15, -0.1) is 12.3 Å². The molecule has 0 aliphatic heterocycles. The molecule has 0 saturated carbocycles. The van der Waals surface area contributed by atoms with Gasteiger partial charge in [-0.2, -0.15) is 0 Å². The molecule has 0 aromatic heterocycles. The predicted octanol–water partition coefficient (Wildman–Crippen LogP) is 3.17. The van der Waals surface area contributed by atoms with Crippen molar-refractivity contribution < 1.29 is 9.84 Å². The van der Waals surface area contributed by atoms with Crippen molar-refractivity contribution >= 4 is 10.8 Å². The van der Waals surface area contributed by atoms with Gasteiger partial charge in [-0.25, -0.2) is 0 Å². The van der Waals surface area contributed by atoms with E-state index in [1.165, 1.54) is 0 Å². The van der Waals surface area contributed by atoms with Crippen molar-refractivity contribution in [1.29, 1.82) is 0 Å². The van der Waals surface area contributed by atoms with E-state index in [1.54, 1.807) is 7.11 Å². The smallest absolute Gasteiger partial charge is 0.119 e. The third kappa shape index (κ3) is 3.27. The molecule has 0 amide bonds.